The van der Waals surface area contributed by atoms with Gasteiger partial charge < -0.3 is 15.2 Å². The van der Waals surface area contributed by atoms with E-state index in [1.807, 2.05) is 36.1 Å². The molecule has 0 bridgehead atoms. The lowest BCUT2D eigenvalue weighted by Gasteiger charge is -2.18. The number of nitrogens with zero attached hydrogens (tertiary/aromatic N) is 2. The Morgan fingerprint density at radius 3 is 2.48 bits per heavy atom. The van der Waals surface area contributed by atoms with Gasteiger partial charge in [-0.1, -0.05) is 41.4 Å². The monoisotopic (exact) mass is 459 g/mol. The first-order chi connectivity index (χ1) is 13.9. The molecule has 29 heavy (non-hydrogen) atoms. The van der Waals surface area contributed by atoms with Crippen LogP contribution < -0.4 is 5.73 Å². The minimum Gasteiger partial charge on any atom is -0.366 e. The second-order valence-corrected chi connectivity index (χ2v) is 8.66. The average molecular weight is 460 g/mol. The quantitative estimate of drug-likeness (QED) is 0.591. The van der Waals surface area contributed by atoms with E-state index in [1.165, 1.54) is 5.69 Å². The van der Waals surface area contributed by atoms with E-state index in [2.05, 4.69) is 27.4 Å². The standard InChI is InChI=1S/C23H30BrN3O2/c1-3-4-7-19-22(17-9-11-18(24)12-10-17)21(23(25)29)16(2)27(19)15-6-14-26-13-5-8-20(26)28/h9-12H,3-8,13-15H2,1-2H3,(H2,25,29). The van der Waals surface area contributed by atoms with Crippen molar-refractivity contribution in [1.29, 1.82) is 0 Å². The van der Waals surface area contributed by atoms with Crippen LogP contribution in [0.25, 0.3) is 11.1 Å². The number of likely N-dealkylation sites (tertiary alicyclic amines) is 1. The average Bonchev–Trinajstić information content (AvgIpc) is 3.22. The van der Waals surface area contributed by atoms with Crippen molar-refractivity contribution in [2.24, 2.45) is 5.73 Å². The van der Waals surface area contributed by atoms with Gasteiger partial charge in [-0.05, 0) is 50.3 Å². The van der Waals surface area contributed by atoms with E-state index in [9.17, 15) is 9.59 Å². The second kappa shape index (κ2) is 9.61. The maximum absolute atomic E-state index is 12.4. The van der Waals surface area contributed by atoms with E-state index >= 15 is 0 Å². The Balaban J connectivity index is 1.97. The number of benzene rings is 1. The molecule has 0 aliphatic carbocycles. The van der Waals surface area contributed by atoms with Crippen LogP contribution in [0, 0.1) is 6.92 Å². The van der Waals surface area contributed by atoms with E-state index in [-0.39, 0.29) is 11.8 Å². The van der Waals surface area contributed by atoms with Crippen LogP contribution in [0.4, 0.5) is 0 Å². The van der Waals surface area contributed by atoms with Crippen LogP contribution in [0.5, 0.6) is 0 Å². The van der Waals surface area contributed by atoms with Crippen LogP contribution in [-0.4, -0.2) is 34.4 Å². The molecule has 6 heteroatoms. The Labute approximate surface area is 181 Å². The highest BCUT2D eigenvalue weighted by atomic mass is 79.9. The van der Waals surface area contributed by atoms with Gasteiger partial charge in [0.2, 0.25) is 5.91 Å². The third kappa shape index (κ3) is 4.74. The van der Waals surface area contributed by atoms with Gasteiger partial charge in [0.25, 0.3) is 5.91 Å². The Morgan fingerprint density at radius 1 is 1.17 bits per heavy atom. The molecule has 156 valence electrons. The van der Waals surface area contributed by atoms with Crippen molar-refractivity contribution in [1.82, 2.24) is 9.47 Å². The van der Waals surface area contributed by atoms with Crippen molar-refractivity contribution in [3.8, 4) is 11.1 Å². The fraction of sp³-hybridized carbons (Fsp3) is 0.478. The fourth-order valence-electron chi connectivity index (χ4n) is 4.29. The highest BCUT2D eigenvalue weighted by Gasteiger charge is 2.25. The summed E-state index contributed by atoms with van der Waals surface area (Å²) in [7, 11) is 0. The summed E-state index contributed by atoms with van der Waals surface area (Å²) in [5.41, 5.74) is 10.5. The third-order valence-electron chi connectivity index (χ3n) is 5.76. The van der Waals surface area contributed by atoms with Crippen molar-refractivity contribution in [2.75, 3.05) is 13.1 Å². The molecule has 2 aromatic rings. The summed E-state index contributed by atoms with van der Waals surface area (Å²) in [5.74, 6) is -0.125. The number of carbonyl (C=O) groups is 2. The molecular weight excluding hydrogens is 430 g/mol. The normalized spacial score (nSPS) is 14.0. The predicted octanol–water partition coefficient (Wildman–Crippen LogP) is 4.68. The van der Waals surface area contributed by atoms with Gasteiger partial charge >= 0.3 is 0 Å². The summed E-state index contributed by atoms with van der Waals surface area (Å²) in [5, 5.41) is 0. The van der Waals surface area contributed by atoms with Gasteiger partial charge in [-0.15, -0.1) is 0 Å². The molecule has 0 saturated carbocycles. The first-order valence-electron chi connectivity index (χ1n) is 10.5. The third-order valence-corrected chi connectivity index (χ3v) is 6.29. The molecule has 1 aliphatic heterocycles. The van der Waals surface area contributed by atoms with Crippen molar-refractivity contribution in [3.05, 3.63) is 45.7 Å². The van der Waals surface area contributed by atoms with E-state index < -0.39 is 0 Å². The summed E-state index contributed by atoms with van der Waals surface area (Å²) < 4.78 is 3.26. The van der Waals surface area contributed by atoms with Gasteiger partial charge in [0.15, 0.2) is 0 Å². The molecule has 0 radical (unpaired) electrons. The van der Waals surface area contributed by atoms with Gasteiger partial charge in [-0.3, -0.25) is 9.59 Å². The molecule has 5 nitrogen and oxygen atoms in total. The molecule has 2 heterocycles. The molecule has 1 aromatic heterocycles. The van der Waals surface area contributed by atoms with Gasteiger partial charge in [0, 0.05) is 47.5 Å². The van der Waals surface area contributed by atoms with E-state index in [0.717, 1.165) is 73.0 Å². The lowest BCUT2D eigenvalue weighted by molar-refractivity contribution is -0.127. The summed E-state index contributed by atoms with van der Waals surface area (Å²) in [4.78, 5) is 26.3. The van der Waals surface area contributed by atoms with Crippen LogP contribution in [0.15, 0.2) is 28.7 Å². The largest absolute Gasteiger partial charge is 0.366 e. The first-order valence-corrected chi connectivity index (χ1v) is 11.3. The number of rotatable bonds is 9. The summed E-state index contributed by atoms with van der Waals surface area (Å²) in [6, 6.07) is 8.06. The molecule has 1 aromatic carbocycles. The van der Waals surface area contributed by atoms with Crippen molar-refractivity contribution in [3.63, 3.8) is 0 Å². The number of hydrogen-bond acceptors (Lipinski definition) is 2. The maximum Gasteiger partial charge on any atom is 0.251 e. The molecule has 2 amide bonds. The van der Waals surface area contributed by atoms with E-state index in [1.54, 1.807) is 0 Å². The SMILES string of the molecule is CCCCc1c(-c2ccc(Br)cc2)c(C(N)=O)c(C)n1CCCN1CCCC1=O. The maximum atomic E-state index is 12.4. The van der Waals surface area contributed by atoms with Gasteiger partial charge in [-0.25, -0.2) is 0 Å². The van der Waals surface area contributed by atoms with Gasteiger partial charge in [0.05, 0.1) is 5.56 Å². The van der Waals surface area contributed by atoms with Crippen molar-refractivity contribution >= 4 is 27.7 Å². The molecule has 0 atom stereocenters. The van der Waals surface area contributed by atoms with Crippen LogP contribution in [0.1, 0.15) is 60.8 Å². The highest BCUT2D eigenvalue weighted by molar-refractivity contribution is 9.10. The number of primary amides is 1. The molecule has 0 unspecified atom stereocenters. The topological polar surface area (TPSA) is 68.3 Å². The van der Waals surface area contributed by atoms with Crippen LogP contribution >= 0.6 is 15.9 Å². The number of aromatic nitrogens is 1. The number of hydrogen-bond donors (Lipinski definition) is 1. The van der Waals surface area contributed by atoms with Gasteiger partial charge in [0.1, 0.15) is 0 Å². The molecule has 1 fully saturated rings. The predicted molar refractivity (Wildman–Crippen MR) is 120 cm³/mol. The summed E-state index contributed by atoms with van der Waals surface area (Å²) in [6.07, 6.45) is 5.54. The lowest BCUT2D eigenvalue weighted by atomic mass is 9.97. The van der Waals surface area contributed by atoms with Crippen LogP contribution in [0.3, 0.4) is 0 Å². The zero-order valence-corrected chi connectivity index (χ0v) is 18.9. The summed E-state index contributed by atoms with van der Waals surface area (Å²) >= 11 is 3.49. The zero-order chi connectivity index (χ0) is 21.0. The van der Waals surface area contributed by atoms with Crippen molar-refractivity contribution in [2.45, 2.75) is 58.9 Å². The zero-order valence-electron chi connectivity index (χ0n) is 17.3. The van der Waals surface area contributed by atoms with E-state index in [0.29, 0.717) is 12.0 Å². The number of unbranched alkanes of at least 4 members (excludes halogenated alkanes) is 1. The Hall–Kier alpha value is -2.08. The second-order valence-electron chi connectivity index (χ2n) is 7.75. The number of halogens is 1. The molecule has 1 saturated heterocycles. The molecular formula is C23H30BrN3O2. The number of carbonyl (C=O) groups excluding carboxylic acids is 2. The number of nitrogens with two attached hydrogens (primary N) is 1. The highest BCUT2D eigenvalue weighted by Crippen LogP contribution is 2.34. The Kier molecular flexibility index (Phi) is 7.17. The van der Waals surface area contributed by atoms with Crippen LogP contribution in [-0.2, 0) is 17.8 Å². The molecule has 0 spiro atoms. The summed E-state index contributed by atoms with van der Waals surface area (Å²) in [6.45, 7) is 6.57. The molecule has 3 rings (SSSR count). The van der Waals surface area contributed by atoms with Crippen LogP contribution in [0.2, 0.25) is 0 Å². The molecule has 1 aliphatic rings. The minimum atomic E-state index is -0.383. The molecule has 2 N–H and O–H groups in total. The lowest BCUT2D eigenvalue weighted by Crippen LogP contribution is -2.26. The Morgan fingerprint density at radius 2 is 1.90 bits per heavy atom. The van der Waals surface area contributed by atoms with Gasteiger partial charge in [-0.2, -0.15) is 0 Å². The smallest absolute Gasteiger partial charge is 0.251 e. The Bertz CT molecular complexity index is 887. The van der Waals surface area contributed by atoms with E-state index in [4.69, 9.17) is 5.73 Å². The number of amides is 2. The minimum absolute atomic E-state index is 0.258. The van der Waals surface area contributed by atoms with Crippen molar-refractivity contribution < 1.29 is 9.59 Å². The first kappa shape index (κ1) is 21.6. The fourth-order valence-corrected chi connectivity index (χ4v) is 4.56.